The SMILES string of the molecule is CC(C)OC(=O)NS(=O)(=O)Nc1ccc(O)cc1F. The van der Waals surface area contributed by atoms with Crippen LogP contribution in [0.25, 0.3) is 0 Å². The molecule has 3 N–H and O–H groups in total. The topological polar surface area (TPSA) is 105 Å². The molecule has 0 fully saturated rings. The largest absolute Gasteiger partial charge is 0.508 e. The second-order valence-corrected chi connectivity index (χ2v) is 5.24. The molecule has 1 aromatic rings. The van der Waals surface area contributed by atoms with Gasteiger partial charge in [-0.2, -0.15) is 8.42 Å². The Labute approximate surface area is 109 Å². The van der Waals surface area contributed by atoms with E-state index >= 15 is 0 Å². The Kier molecular flexibility index (Phi) is 4.54. The van der Waals surface area contributed by atoms with Crippen LogP contribution in [-0.4, -0.2) is 25.7 Å². The third-order valence-corrected chi connectivity index (χ3v) is 2.68. The number of phenolic OH excluding ortho intramolecular Hbond substituents is 1. The first-order valence-corrected chi connectivity index (χ1v) is 6.67. The number of nitrogens with one attached hydrogen (secondary N) is 2. The summed E-state index contributed by atoms with van der Waals surface area (Å²) in [5.74, 6) is -1.34. The van der Waals surface area contributed by atoms with Crippen LogP contribution >= 0.6 is 0 Å². The van der Waals surface area contributed by atoms with E-state index in [0.29, 0.717) is 0 Å². The van der Waals surface area contributed by atoms with Gasteiger partial charge in [-0.15, -0.1) is 0 Å². The molecule has 9 heteroatoms. The lowest BCUT2D eigenvalue weighted by Crippen LogP contribution is -2.37. The molecule has 0 atom stereocenters. The molecule has 1 rings (SSSR count). The molecule has 0 unspecified atom stereocenters. The Bertz CT molecular complexity index is 573. The minimum atomic E-state index is -4.31. The van der Waals surface area contributed by atoms with Crippen molar-refractivity contribution in [3.05, 3.63) is 24.0 Å². The van der Waals surface area contributed by atoms with Crippen molar-refractivity contribution >= 4 is 22.0 Å². The summed E-state index contributed by atoms with van der Waals surface area (Å²) in [5.41, 5.74) is -0.414. The number of carbonyl (C=O) groups is 1. The van der Waals surface area contributed by atoms with Gasteiger partial charge < -0.3 is 9.84 Å². The molecule has 0 heterocycles. The Morgan fingerprint density at radius 2 is 2.05 bits per heavy atom. The monoisotopic (exact) mass is 292 g/mol. The van der Waals surface area contributed by atoms with Gasteiger partial charge in [-0.25, -0.2) is 13.9 Å². The number of hydrogen-bond acceptors (Lipinski definition) is 5. The average molecular weight is 292 g/mol. The van der Waals surface area contributed by atoms with Crippen LogP contribution < -0.4 is 9.44 Å². The van der Waals surface area contributed by atoms with Crippen LogP contribution in [0.2, 0.25) is 0 Å². The van der Waals surface area contributed by atoms with Crippen molar-refractivity contribution in [2.75, 3.05) is 4.72 Å². The van der Waals surface area contributed by atoms with Gasteiger partial charge in [0.15, 0.2) is 5.82 Å². The summed E-state index contributed by atoms with van der Waals surface area (Å²) in [7, 11) is -4.31. The highest BCUT2D eigenvalue weighted by Crippen LogP contribution is 2.19. The van der Waals surface area contributed by atoms with Crippen LogP contribution in [0.15, 0.2) is 18.2 Å². The van der Waals surface area contributed by atoms with Gasteiger partial charge in [0.25, 0.3) is 0 Å². The van der Waals surface area contributed by atoms with Crippen molar-refractivity contribution in [1.82, 2.24) is 4.72 Å². The highest BCUT2D eigenvalue weighted by molar-refractivity contribution is 7.91. The van der Waals surface area contributed by atoms with Gasteiger partial charge in [0.2, 0.25) is 0 Å². The van der Waals surface area contributed by atoms with Crippen molar-refractivity contribution in [2.45, 2.75) is 20.0 Å². The van der Waals surface area contributed by atoms with E-state index in [0.717, 1.165) is 18.2 Å². The zero-order valence-corrected chi connectivity index (χ0v) is 11.0. The van der Waals surface area contributed by atoms with Gasteiger partial charge >= 0.3 is 16.3 Å². The predicted octanol–water partition coefficient (Wildman–Crippen LogP) is 1.32. The molecule has 0 aliphatic rings. The van der Waals surface area contributed by atoms with E-state index in [1.165, 1.54) is 0 Å². The lowest BCUT2D eigenvalue weighted by atomic mass is 10.3. The number of ether oxygens (including phenoxy) is 1. The first-order valence-electron chi connectivity index (χ1n) is 5.19. The van der Waals surface area contributed by atoms with Crippen LogP contribution in [0.5, 0.6) is 5.75 Å². The van der Waals surface area contributed by atoms with Gasteiger partial charge in [-0.05, 0) is 26.0 Å². The quantitative estimate of drug-likeness (QED) is 0.726. The van der Waals surface area contributed by atoms with E-state index in [4.69, 9.17) is 5.11 Å². The molecule has 0 aliphatic carbocycles. The van der Waals surface area contributed by atoms with Gasteiger partial charge in [-0.1, -0.05) is 0 Å². The molecular weight excluding hydrogens is 279 g/mol. The minimum absolute atomic E-state index is 0.354. The van der Waals surface area contributed by atoms with Crippen LogP contribution in [0.4, 0.5) is 14.9 Å². The fraction of sp³-hybridized carbons (Fsp3) is 0.300. The second-order valence-electron chi connectivity index (χ2n) is 3.83. The van der Waals surface area contributed by atoms with Crippen molar-refractivity contribution in [3.63, 3.8) is 0 Å². The number of aromatic hydroxyl groups is 1. The molecule has 106 valence electrons. The molecule has 0 saturated heterocycles. The lowest BCUT2D eigenvalue weighted by Gasteiger charge is -2.12. The molecule has 7 nitrogen and oxygen atoms in total. The number of carbonyl (C=O) groups excluding carboxylic acids is 1. The Morgan fingerprint density at radius 1 is 1.42 bits per heavy atom. The predicted molar refractivity (Wildman–Crippen MR) is 65.4 cm³/mol. The van der Waals surface area contributed by atoms with Crippen LogP contribution in [0.3, 0.4) is 0 Å². The summed E-state index contributed by atoms with van der Waals surface area (Å²) in [6.45, 7) is 3.08. The number of benzene rings is 1. The summed E-state index contributed by atoms with van der Waals surface area (Å²) >= 11 is 0. The van der Waals surface area contributed by atoms with E-state index in [2.05, 4.69) is 4.74 Å². The summed E-state index contributed by atoms with van der Waals surface area (Å²) in [4.78, 5) is 11.1. The molecule has 0 radical (unpaired) electrons. The maximum absolute atomic E-state index is 13.3. The van der Waals surface area contributed by atoms with Crippen molar-refractivity contribution in [2.24, 2.45) is 0 Å². The molecule has 19 heavy (non-hydrogen) atoms. The normalized spacial score (nSPS) is 11.2. The summed E-state index contributed by atoms with van der Waals surface area (Å²) in [6, 6.07) is 2.83. The zero-order valence-electron chi connectivity index (χ0n) is 10.2. The number of rotatable bonds is 4. The standard InChI is InChI=1S/C10H13FN2O5S/c1-6(2)18-10(15)13-19(16,17)12-9-4-3-7(14)5-8(9)11/h3-6,12,14H,1-2H3,(H,13,15). The Hall–Kier alpha value is -2.03. The molecule has 0 saturated carbocycles. The molecule has 0 aromatic heterocycles. The molecule has 0 bridgehead atoms. The van der Waals surface area contributed by atoms with Crippen molar-refractivity contribution < 1.29 is 27.4 Å². The van der Waals surface area contributed by atoms with Crippen LogP contribution in [0, 0.1) is 5.82 Å². The van der Waals surface area contributed by atoms with Crippen molar-refractivity contribution in [3.8, 4) is 5.75 Å². The number of phenols is 1. The number of anilines is 1. The highest BCUT2D eigenvalue weighted by Gasteiger charge is 2.18. The highest BCUT2D eigenvalue weighted by atomic mass is 32.2. The first kappa shape index (κ1) is 15.0. The van der Waals surface area contributed by atoms with Gasteiger partial charge in [0.05, 0.1) is 11.8 Å². The van der Waals surface area contributed by atoms with Gasteiger partial charge in [0, 0.05) is 6.07 Å². The number of amides is 1. The minimum Gasteiger partial charge on any atom is -0.508 e. The zero-order chi connectivity index (χ0) is 14.6. The fourth-order valence-corrected chi connectivity index (χ4v) is 1.88. The molecular formula is C10H13FN2O5S. The fourth-order valence-electron chi connectivity index (χ4n) is 1.10. The number of hydrogen-bond donors (Lipinski definition) is 3. The maximum atomic E-state index is 13.3. The maximum Gasteiger partial charge on any atom is 0.422 e. The summed E-state index contributed by atoms with van der Waals surface area (Å²) in [6.07, 6.45) is -1.68. The van der Waals surface area contributed by atoms with E-state index in [1.54, 1.807) is 23.3 Å². The van der Waals surface area contributed by atoms with Gasteiger partial charge in [-0.3, -0.25) is 4.72 Å². The third-order valence-electron chi connectivity index (χ3n) is 1.76. The third kappa shape index (κ3) is 5.00. The molecule has 1 aromatic carbocycles. The average Bonchev–Trinajstić information content (AvgIpc) is 2.19. The Balaban J connectivity index is 2.77. The smallest absolute Gasteiger partial charge is 0.422 e. The lowest BCUT2D eigenvalue weighted by molar-refractivity contribution is 0.121. The van der Waals surface area contributed by atoms with Crippen molar-refractivity contribution in [1.29, 1.82) is 0 Å². The number of halogens is 1. The van der Waals surface area contributed by atoms with E-state index in [-0.39, 0.29) is 5.75 Å². The molecule has 0 aliphatic heterocycles. The van der Waals surface area contributed by atoms with Crippen LogP contribution in [0.1, 0.15) is 13.8 Å². The molecule has 0 spiro atoms. The Morgan fingerprint density at radius 3 is 2.58 bits per heavy atom. The summed E-state index contributed by atoms with van der Waals surface area (Å²) in [5, 5.41) is 8.97. The van der Waals surface area contributed by atoms with E-state index in [1.807, 2.05) is 0 Å². The first-order chi connectivity index (χ1) is 8.69. The molecule has 1 amide bonds. The van der Waals surface area contributed by atoms with Crippen LogP contribution in [-0.2, 0) is 14.9 Å². The van der Waals surface area contributed by atoms with Gasteiger partial charge in [0.1, 0.15) is 5.75 Å². The summed E-state index contributed by atoms with van der Waals surface area (Å²) < 4.78 is 44.2. The van der Waals surface area contributed by atoms with E-state index < -0.39 is 33.9 Å². The second kappa shape index (κ2) is 5.74. The van der Waals surface area contributed by atoms with E-state index in [9.17, 15) is 17.6 Å².